The highest BCUT2D eigenvalue weighted by Gasteiger charge is 2.03. The third-order valence-electron chi connectivity index (χ3n) is 2.24. The molecule has 0 spiro atoms. The minimum Gasteiger partial charge on any atom is -0.391 e. The summed E-state index contributed by atoms with van der Waals surface area (Å²) >= 11 is 11.1. The maximum atomic E-state index is 5.56. The molecule has 0 heterocycles. The standard InChI is InChI=1S/C11H10Cl2OSi/c12-11(13)14-15-10-7-3-5-8-4-1-2-6-9(8)10/h1-7,11H,15H2. The van der Waals surface area contributed by atoms with Crippen molar-refractivity contribution in [2.75, 3.05) is 0 Å². The third-order valence-corrected chi connectivity index (χ3v) is 4.35. The van der Waals surface area contributed by atoms with E-state index in [-0.39, 0.29) is 0 Å². The van der Waals surface area contributed by atoms with E-state index < -0.39 is 14.8 Å². The maximum absolute atomic E-state index is 5.56. The Kier molecular flexibility index (Phi) is 3.65. The lowest BCUT2D eigenvalue weighted by molar-refractivity contribution is 0.383. The van der Waals surface area contributed by atoms with E-state index in [9.17, 15) is 0 Å². The average molecular weight is 257 g/mol. The zero-order chi connectivity index (χ0) is 10.7. The second kappa shape index (κ2) is 4.99. The summed E-state index contributed by atoms with van der Waals surface area (Å²) in [5.74, 6) is 0. The highest BCUT2D eigenvalue weighted by atomic mass is 35.5. The van der Waals surface area contributed by atoms with Crippen LogP contribution in [-0.4, -0.2) is 14.8 Å². The van der Waals surface area contributed by atoms with Crippen LogP contribution in [0.25, 0.3) is 10.8 Å². The zero-order valence-corrected chi connectivity index (χ0v) is 10.9. The molecule has 0 saturated heterocycles. The molecule has 0 amide bonds. The second-order valence-corrected chi connectivity index (χ2v) is 5.61. The van der Waals surface area contributed by atoms with Gasteiger partial charge in [0, 0.05) is 0 Å². The average Bonchev–Trinajstić information content (AvgIpc) is 2.26. The predicted molar refractivity (Wildman–Crippen MR) is 68.7 cm³/mol. The van der Waals surface area contributed by atoms with Gasteiger partial charge in [-0.2, -0.15) is 0 Å². The van der Waals surface area contributed by atoms with Gasteiger partial charge in [-0.05, 0) is 16.0 Å². The van der Waals surface area contributed by atoms with E-state index in [1.807, 2.05) is 18.2 Å². The molecule has 2 aromatic carbocycles. The molecule has 0 aliphatic carbocycles. The van der Waals surface area contributed by atoms with E-state index in [1.54, 1.807) is 0 Å². The summed E-state index contributed by atoms with van der Waals surface area (Å²) in [7, 11) is -0.845. The van der Waals surface area contributed by atoms with Crippen molar-refractivity contribution >= 4 is 48.9 Å². The summed E-state index contributed by atoms with van der Waals surface area (Å²) in [6.07, 6.45) is 0. The number of hydrogen-bond acceptors (Lipinski definition) is 1. The Hall–Kier alpha value is -0.543. The van der Waals surface area contributed by atoms with Crippen molar-refractivity contribution in [3.63, 3.8) is 0 Å². The van der Waals surface area contributed by atoms with Crippen molar-refractivity contribution in [2.45, 2.75) is 5.02 Å². The van der Waals surface area contributed by atoms with Crippen LogP contribution < -0.4 is 5.19 Å². The Morgan fingerprint density at radius 2 is 1.73 bits per heavy atom. The van der Waals surface area contributed by atoms with Crippen LogP contribution in [0, 0.1) is 0 Å². The van der Waals surface area contributed by atoms with Gasteiger partial charge in [0.2, 0.25) is 0 Å². The van der Waals surface area contributed by atoms with Crippen molar-refractivity contribution < 1.29 is 4.43 Å². The van der Waals surface area contributed by atoms with Gasteiger partial charge in [-0.1, -0.05) is 65.7 Å². The van der Waals surface area contributed by atoms with E-state index in [0.29, 0.717) is 0 Å². The molecular formula is C11H10Cl2OSi. The first-order valence-electron chi connectivity index (χ1n) is 4.64. The van der Waals surface area contributed by atoms with Gasteiger partial charge in [0.1, 0.15) is 0 Å². The van der Waals surface area contributed by atoms with Crippen molar-refractivity contribution in [3.05, 3.63) is 42.5 Å². The number of halogens is 2. The molecule has 1 nitrogen and oxygen atoms in total. The highest BCUT2D eigenvalue weighted by molar-refractivity contribution is 6.54. The van der Waals surface area contributed by atoms with Crippen molar-refractivity contribution in [2.24, 2.45) is 0 Å². The van der Waals surface area contributed by atoms with Crippen LogP contribution >= 0.6 is 23.2 Å². The lowest BCUT2D eigenvalue weighted by Crippen LogP contribution is -2.19. The first-order valence-corrected chi connectivity index (χ1v) is 6.79. The Labute approximate surface area is 101 Å². The summed E-state index contributed by atoms with van der Waals surface area (Å²) in [6, 6.07) is 14.4. The van der Waals surface area contributed by atoms with Crippen LogP contribution in [0.5, 0.6) is 0 Å². The van der Waals surface area contributed by atoms with Crippen molar-refractivity contribution in [1.29, 1.82) is 0 Å². The Balaban J connectivity index is 2.34. The molecule has 0 bridgehead atoms. The molecule has 2 rings (SSSR count). The van der Waals surface area contributed by atoms with Gasteiger partial charge >= 0.3 is 0 Å². The van der Waals surface area contributed by atoms with Gasteiger partial charge in [0.25, 0.3) is 0 Å². The van der Waals surface area contributed by atoms with E-state index in [4.69, 9.17) is 27.6 Å². The van der Waals surface area contributed by atoms with Gasteiger partial charge in [0.15, 0.2) is 14.8 Å². The third kappa shape index (κ3) is 2.73. The van der Waals surface area contributed by atoms with Gasteiger partial charge in [-0.25, -0.2) is 0 Å². The van der Waals surface area contributed by atoms with Gasteiger partial charge in [-0.3, -0.25) is 0 Å². The van der Waals surface area contributed by atoms with Crippen molar-refractivity contribution in [1.82, 2.24) is 0 Å². The second-order valence-electron chi connectivity index (χ2n) is 3.21. The van der Waals surface area contributed by atoms with Crippen LogP contribution in [0.15, 0.2) is 42.5 Å². The number of rotatable bonds is 3. The molecule has 4 heteroatoms. The minimum atomic E-state index is -0.845. The quantitative estimate of drug-likeness (QED) is 0.605. The number of benzene rings is 2. The van der Waals surface area contributed by atoms with Crippen LogP contribution in [0.1, 0.15) is 0 Å². The molecule has 0 atom stereocenters. The minimum absolute atomic E-state index is 0.712. The largest absolute Gasteiger partial charge is 0.391 e. The number of fused-ring (bicyclic) bond motifs is 1. The lowest BCUT2D eigenvalue weighted by atomic mass is 10.1. The Morgan fingerprint density at radius 1 is 1.00 bits per heavy atom. The van der Waals surface area contributed by atoms with Gasteiger partial charge < -0.3 is 4.43 Å². The summed E-state index contributed by atoms with van der Waals surface area (Å²) in [6.45, 7) is 0. The van der Waals surface area contributed by atoms with Crippen molar-refractivity contribution in [3.8, 4) is 0 Å². The molecule has 78 valence electrons. The molecule has 0 radical (unpaired) electrons. The molecule has 15 heavy (non-hydrogen) atoms. The molecular weight excluding hydrogens is 247 g/mol. The first-order chi connectivity index (χ1) is 7.27. The molecule has 2 aromatic rings. The summed E-state index contributed by atoms with van der Waals surface area (Å²) < 4.78 is 5.31. The van der Waals surface area contributed by atoms with E-state index >= 15 is 0 Å². The number of hydrogen-bond donors (Lipinski definition) is 0. The molecule has 0 aliphatic rings. The van der Waals surface area contributed by atoms with Gasteiger partial charge in [0.05, 0.1) is 0 Å². The van der Waals surface area contributed by atoms with E-state index in [0.717, 1.165) is 0 Å². The molecule has 0 aliphatic heterocycles. The van der Waals surface area contributed by atoms with Gasteiger partial charge in [-0.15, -0.1) is 0 Å². The summed E-state index contributed by atoms with van der Waals surface area (Å²) in [5.41, 5.74) is 0. The fourth-order valence-electron chi connectivity index (χ4n) is 1.57. The fraction of sp³-hybridized carbons (Fsp3) is 0.0909. The number of alkyl halides is 2. The maximum Gasteiger partial charge on any atom is 0.197 e. The molecule has 0 saturated carbocycles. The Morgan fingerprint density at radius 3 is 2.53 bits per heavy atom. The van der Waals surface area contributed by atoms with Crippen LogP contribution in [0.3, 0.4) is 0 Å². The lowest BCUT2D eigenvalue weighted by Gasteiger charge is -2.07. The SMILES string of the molecule is ClC(Cl)O[SiH2]c1cccc2ccccc12. The topological polar surface area (TPSA) is 9.23 Å². The first kappa shape index (κ1) is 11.0. The normalized spacial score (nSPS) is 11.9. The summed E-state index contributed by atoms with van der Waals surface area (Å²) in [5, 5.41) is 2.99. The Bertz CT molecular complexity index is 454. The smallest absolute Gasteiger partial charge is 0.197 e. The van der Waals surface area contributed by atoms with Crippen LogP contribution in [0.2, 0.25) is 0 Å². The molecule has 0 N–H and O–H groups in total. The summed E-state index contributed by atoms with van der Waals surface area (Å²) in [4.78, 5) is 0. The van der Waals surface area contributed by atoms with Crippen LogP contribution in [0.4, 0.5) is 0 Å². The zero-order valence-electron chi connectivity index (χ0n) is 7.99. The molecule has 0 aromatic heterocycles. The van der Waals surface area contributed by atoms with Crippen LogP contribution in [-0.2, 0) is 4.43 Å². The fourth-order valence-corrected chi connectivity index (χ4v) is 2.96. The monoisotopic (exact) mass is 256 g/mol. The predicted octanol–water partition coefficient (Wildman–Crippen LogP) is 2.33. The van der Waals surface area contributed by atoms with E-state index in [1.165, 1.54) is 16.0 Å². The van der Waals surface area contributed by atoms with E-state index in [2.05, 4.69) is 24.3 Å². The molecule has 0 fully saturated rings. The highest BCUT2D eigenvalue weighted by Crippen LogP contribution is 2.11. The molecule has 0 unspecified atom stereocenters.